The van der Waals surface area contributed by atoms with Crippen LogP contribution in [0.2, 0.25) is 0 Å². The molecule has 2 aromatic rings. The smallest absolute Gasteiger partial charge is 0.416 e. The van der Waals surface area contributed by atoms with Gasteiger partial charge in [0, 0.05) is 23.9 Å². The largest absolute Gasteiger partial charge is 0.459 e. The second-order valence-corrected chi connectivity index (χ2v) is 10.5. The number of ether oxygens (including phenoxy) is 1. The van der Waals surface area contributed by atoms with Crippen molar-refractivity contribution in [2.24, 2.45) is 0 Å². The van der Waals surface area contributed by atoms with E-state index >= 15 is 0 Å². The molecule has 3 atom stereocenters. The molecule has 0 unspecified atom stereocenters. The first kappa shape index (κ1) is 28.1. The predicted molar refractivity (Wildman–Crippen MR) is 130 cm³/mol. The number of benzene rings is 1. The quantitative estimate of drug-likeness (QED) is 0.396. The van der Waals surface area contributed by atoms with Crippen LogP contribution in [0.3, 0.4) is 0 Å². The molecule has 2 heterocycles. The van der Waals surface area contributed by atoms with Gasteiger partial charge >= 0.3 is 12.1 Å². The van der Waals surface area contributed by atoms with Crippen molar-refractivity contribution in [2.45, 2.75) is 82.9 Å². The molecular weight excluding hydrogens is 495 g/mol. The molecule has 36 heavy (non-hydrogen) atoms. The predicted octanol–water partition coefficient (Wildman–Crippen LogP) is 5.13. The Morgan fingerprint density at radius 3 is 2.67 bits per heavy atom. The van der Waals surface area contributed by atoms with Gasteiger partial charge in [-0.3, -0.25) is 4.79 Å². The number of alkyl halides is 3. The first-order valence-electron chi connectivity index (χ1n) is 12.1. The van der Waals surface area contributed by atoms with Gasteiger partial charge < -0.3 is 19.8 Å². The monoisotopic (exact) mass is 527 g/mol. The number of thiophene rings is 1. The molecule has 1 saturated heterocycles. The van der Waals surface area contributed by atoms with Crippen LogP contribution in [0.25, 0.3) is 0 Å². The number of amides is 1. The highest BCUT2D eigenvalue weighted by Crippen LogP contribution is 2.32. The summed E-state index contributed by atoms with van der Waals surface area (Å²) in [6.07, 6.45) is -4.39. The van der Waals surface area contributed by atoms with Crippen molar-refractivity contribution in [3.8, 4) is 0 Å². The van der Waals surface area contributed by atoms with Crippen molar-refractivity contribution in [3.05, 3.63) is 57.3 Å². The van der Waals surface area contributed by atoms with Gasteiger partial charge in [0.1, 0.15) is 11.0 Å². The fourth-order valence-electron chi connectivity index (χ4n) is 4.36. The molecule has 1 aliphatic heterocycles. The van der Waals surface area contributed by atoms with E-state index in [1.54, 1.807) is 24.8 Å². The van der Waals surface area contributed by atoms with Crippen LogP contribution in [-0.4, -0.2) is 51.8 Å². The number of nitrogens with zero attached hydrogens (tertiary/aromatic N) is 1. The van der Waals surface area contributed by atoms with E-state index in [1.165, 1.54) is 23.5 Å². The summed E-state index contributed by atoms with van der Waals surface area (Å²) in [5, 5.41) is 20.8. The Balaban J connectivity index is 1.49. The second kappa shape index (κ2) is 12.2. The Kier molecular flexibility index (Phi) is 9.54. The van der Waals surface area contributed by atoms with E-state index in [1.807, 2.05) is 6.07 Å². The number of rotatable bonds is 11. The van der Waals surface area contributed by atoms with Crippen molar-refractivity contribution < 1.29 is 37.7 Å². The standard InChI is InChI=1S/C26H32F3NO5S/c1-16(2)35-25(34)22-12-10-20(36-22)7-4-14-30-19(9-13-23(30)32)8-11-21(31)24(33)17-5-3-6-18(15-17)26(27,28)29/h3,5-6,10,12,15-16,19,21,24,31,33H,4,7-9,11,13-14H2,1-2H3/t19-,21+,24+/m0/s1. The lowest BCUT2D eigenvalue weighted by Gasteiger charge is -2.27. The lowest BCUT2D eigenvalue weighted by atomic mass is 9.96. The Bertz CT molecular complexity index is 1040. The summed E-state index contributed by atoms with van der Waals surface area (Å²) < 4.78 is 44.1. The Hall–Kier alpha value is -2.43. The summed E-state index contributed by atoms with van der Waals surface area (Å²) >= 11 is 1.38. The molecule has 198 valence electrons. The molecule has 2 N–H and O–H groups in total. The van der Waals surface area contributed by atoms with E-state index in [9.17, 15) is 33.0 Å². The van der Waals surface area contributed by atoms with Gasteiger partial charge in [0.05, 0.1) is 17.8 Å². The van der Waals surface area contributed by atoms with Crippen LogP contribution in [0.4, 0.5) is 13.2 Å². The van der Waals surface area contributed by atoms with Gasteiger partial charge in [-0.05, 0) is 75.8 Å². The van der Waals surface area contributed by atoms with Gasteiger partial charge in [-0.15, -0.1) is 11.3 Å². The van der Waals surface area contributed by atoms with Crippen LogP contribution in [0.5, 0.6) is 0 Å². The van der Waals surface area contributed by atoms with E-state index in [-0.39, 0.29) is 36.0 Å². The molecule has 0 spiro atoms. The highest BCUT2D eigenvalue weighted by atomic mass is 32.1. The van der Waals surface area contributed by atoms with Crippen LogP contribution >= 0.6 is 11.3 Å². The summed E-state index contributed by atoms with van der Waals surface area (Å²) in [4.78, 5) is 27.8. The summed E-state index contributed by atoms with van der Waals surface area (Å²) in [6, 6.07) is 7.85. The van der Waals surface area contributed by atoms with Gasteiger partial charge in [0.2, 0.25) is 5.91 Å². The molecular formula is C26H32F3NO5S. The van der Waals surface area contributed by atoms with E-state index < -0.39 is 23.9 Å². The number of carbonyl (C=O) groups is 2. The number of carbonyl (C=O) groups excluding carboxylic acids is 2. The van der Waals surface area contributed by atoms with Gasteiger partial charge in [-0.2, -0.15) is 13.2 Å². The zero-order valence-corrected chi connectivity index (χ0v) is 21.1. The average molecular weight is 528 g/mol. The number of aryl methyl sites for hydroxylation is 1. The topological polar surface area (TPSA) is 87.1 Å². The van der Waals surface area contributed by atoms with Crippen molar-refractivity contribution in [1.29, 1.82) is 0 Å². The lowest BCUT2D eigenvalue weighted by Crippen LogP contribution is -2.35. The highest BCUT2D eigenvalue weighted by Gasteiger charge is 2.33. The molecule has 0 saturated carbocycles. The third-order valence-electron chi connectivity index (χ3n) is 6.20. The zero-order valence-electron chi connectivity index (χ0n) is 20.3. The van der Waals surface area contributed by atoms with Gasteiger partial charge in [-0.25, -0.2) is 4.79 Å². The molecule has 3 rings (SSSR count). The van der Waals surface area contributed by atoms with Crippen LogP contribution < -0.4 is 0 Å². The molecule has 1 amide bonds. The van der Waals surface area contributed by atoms with Crippen LogP contribution in [0, 0.1) is 0 Å². The molecule has 0 bridgehead atoms. The molecule has 10 heteroatoms. The summed E-state index contributed by atoms with van der Waals surface area (Å²) in [7, 11) is 0. The summed E-state index contributed by atoms with van der Waals surface area (Å²) in [6.45, 7) is 4.11. The highest BCUT2D eigenvalue weighted by molar-refractivity contribution is 7.13. The number of hydrogen-bond donors (Lipinski definition) is 2. The van der Waals surface area contributed by atoms with Gasteiger partial charge in [-0.1, -0.05) is 12.1 Å². The minimum Gasteiger partial charge on any atom is -0.459 e. The molecule has 1 aromatic heterocycles. The molecule has 0 aliphatic carbocycles. The fraction of sp³-hybridized carbons (Fsp3) is 0.538. The molecule has 1 aliphatic rings. The number of aliphatic hydroxyl groups excluding tert-OH is 2. The van der Waals surface area contributed by atoms with E-state index in [2.05, 4.69) is 0 Å². The third kappa shape index (κ3) is 7.54. The van der Waals surface area contributed by atoms with Crippen molar-refractivity contribution in [3.63, 3.8) is 0 Å². The van der Waals surface area contributed by atoms with Gasteiger partial charge in [0.25, 0.3) is 0 Å². The first-order valence-corrected chi connectivity index (χ1v) is 12.9. The summed E-state index contributed by atoms with van der Waals surface area (Å²) in [5.41, 5.74) is -0.877. The number of likely N-dealkylation sites (tertiary alicyclic amines) is 1. The third-order valence-corrected chi connectivity index (χ3v) is 7.32. The molecule has 1 aromatic carbocycles. The van der Waals surface area contributed by atoms with Crippen molar-refractivity contribution >= 4 is 23.2 Å². The minimum atomic E-state index is -4.53. The zero-order chi connectivity index (χ0) is 26.5. The van der Waals surface area contributed by atoms with Crippen molar-refractivity contribution in [1.82, 2.24) is 4.90 Å². The number of aliphatic hydroxyl groups is 2. The minimum absolute atomic E-state index is 0.00396. The normalized spacial score (nSPS) is 18.1. The first-order chi connectivity index (χ1) is 17.0. The number of esters is 1. The number of hydrogen-bond acceptors (Lipinski definition) is 6. The SMILES string of the molecule is CC(C)OC(=O)c1ccc(CCCN2C(=O)CC[C@@H]2CC[C@@H](O)[C@H](O)c2cccc(C(F)(F)F)c2)s1. The Morgan fingerprint density at radius 1 is 1.22 bits per heavy atom. The molecule has 0 radical (unpaired) electrons. The van der Waals surface area contributed by atoms with Gasteiger partial charge in [0.15, 0.2) is 0 Å². The van der Waals surface area contributed by atoms with Crippen LogP contribution in [0.15, 0.2) is 36.4 Å². The summed E-state index contributed by atoms with van der Waals surface area (Å²) in [5.74, 6) is -0.317. The maximum Gasteiger partial charge on any atom is 0.416 e. The molecule has 6 nitrogen and oxygen atoms in total. The maximum atomic E-state index is 13.0. The fourth-order valence-corrected chi connectivity index (χ4v) is 5.29. The lowest BCUT2D eigenvalue weighted by molar-refractivity contribution is -0.137. The Morgan fingerprint density at radius 2 is 1.97 bits per heavy atom. The second-order valence-electron chi connectivity index (χ2n) is 9.32. The van der Waals surface area contributed by atoms with E-state index in [4.69, 9.17) is 4.74 Å². The maximum absolute atomic E-state index is 13.0. The number of halogens is 3. The van der Waals surface area contributed by atoms with E-state index in [0.717, 1.165) is 17.0 Å². The van der Waals surface area contributed by atoms with Crippen LogP contribution in [0.1, 0.15) is 77.7 Å². The Labute approximate surface area is 212 Å². The molecule has 1 fully saturated rings. The average Bonchev–Trinajstić information content (AvgIpc) is 3.43. The van der Waals surface area contributed by atoms with Crippen LogP contribution in [-0.2, 0) is 22.1 Å². The van der Waals surface area contributed by atoms with Crippen molar-refractivity contribution in [2.75, 3.05) is 6.54 Å². The van der Waals surface area contributed by atoms with E-state index in [0.29, 0.717) is 43.5 Å².